The Morgan fingerprint density at radius 3 is 1.65 bits per heavy atom. The largest absolute Gasteiger partial charge is 0.296 e. The van der Waals surface area contributed by atoms with Crippen LogP contribution < -0.4 is 5.32 Å². The second kappa shape index (κ2) is 5.62. The molecule has 3 heteroatoms. The van der Waals surface area contributed by atoms with Crippen molar-refractivity contribution in [2.75, 3.05) is 0 Å². The molecule has 0 atom stereocenters. The molecule has 1 saturated heterocycles. The molecule has 17 heavy (non-hydrogen) atoms. The van der Waals surface area contributed by atoms with E-state index in [0.29, 0.717) is 18.3 Å². The van der Waals surface area contributed by atoms with E-state index in [0.717, 1.165) is 0 Å². The number of nitrogens with one attached hydrogen (secondary N) is 1. The molecular weight excluding hydrogens is 214 g/mol. The van der Waals surface area contributed by atoms with Gasteiger partial charge in [0, 0.05) is 12.8 Å². The minimum absolute atomic E-state index is 0.148. The molecule has 0 radical (unpaired) electrons. The normalized spacial score (nSPS) is 15.0. The first-order valence-electron chi connectivity index (χ1n) is 5.78. The lowest BCUT2D eigenvalue weighted by molar-refractivity contribution is -0.124. The molecule has 1 aromatic rings. The molecule has 1 aliphatic rings. The zero-order chi connectivity index (χ0) is 12.9. The van der Waals surface area contributed by atoms with E-state index >= 15 is 0 Å². The van der Waals surface area contributed by atoms with Crippen molar-refractivity contribution in [1.82, 2.24) is 5.32 Å². The van der Waals surface area contributed by atoms with Gasteiger partial charge in [-0.3, -0.25) is 14.9 Å². The van der Waals surface area contributed by atoms with Crippen LogP contribution >= 0.6 is 0 Å². The predicted octanol–water partition coefficient (Wildman–Crippen LogP) is 2.41. The number of carbonyl (C=O) groups excluding carboxylic acids is 2. The van der Waals surface area contributed by atoms with Gasteiger partial charge in [0.05, 0.1) is 0 Å². The SMILES string of the molecule is CC(C)(C)c1ccccc1.O=C1CCC(=O)N1. The molecule has 0 spiro atoms. The van der Waals surface area contributed by atoms with E-state index in [9.17, 15) is 9.59 Å². The molecule has 0 bridgehead atoms. The van der Waals surface area contributed by atoms with E-state index in [1.165, 1.54) is 5.56 Å². The summed E-state index contributed by atoms with van der Waals surface area (Å²) < 4.78 is 0. The van der Waals surface area contributed by atoms with Crippen molar-refractivity contribution in [1.29, 1.82) is 0 Å². The predicted molar refractivity (Wildman–Crippen MR) is 67.5 cm³/mol. The van der Waals surface area contributed by atoms with E-state index < -0.39 is 0 Å². The molecule has 0 aliphatic carbocycles. The number of hydrogen-bond acceptors (Lipinski definition) is 2. The van der Waals surface area contributed by atoms with Crippen LogP contribution in [0.3, 0.4) is 0 Å². The van der Waals surface area contributed by atoms with Crippen molar-refractivity contribution in [3.63, 3.8) is 0 Å². The summed E-state index contributed by atoms with van der Waals surface area (Å²) in [6, 6.07) is 10.6. The molecule has 1 aliphatic heterocycles. The van der Waals surface area contributed by atoms with E-state index in [4.69, 9.17) is 0 Å². The summed E-state index contributed by atoms with van der Waals surface area (Å²) in [5.74, 6) is -0.296. The zero-order valence-corrected chi connectivity index (χ0v) is 10.6. The van der Waals surface area contributed by atoms with E-state index in [1.54, 1.807) is 0 Å². The molecule has 2 rings (SSSR count). The summed E-state index contributed by atoms with van der Waals surface area (Å²) >= 11 is 0. The van der Waals surface area contributed by atoms with Crippen LogP contribution in [-0.4, -0.2) is 11.8 Å². The quantitative estimate of drug-likeness (QED) is 0.699. The Bertz CT molecular complexity index is 376. The Hall–Kier alpha value is -1.64. The number of hydrogen-bond donors (Lipinski definition) is 1. The Morgan fingerprint density at radius 1 is 0.941 bits per heavy atom. The summed E-state index contributed by atoms with van der Waals surface area (Å²) in [5, 5.41) is 2.14. The van der Waals surface area contributed by atoms with Crippen molar-refractivity contribution in [3.8, 4) is 0 Å². The lowest BCUT2D eigenvalue weighted by Gasteiger charge is -2.18. The van der Waals surface area contributed by atoms with Crippen LogP contribution in [0, 0.1) is 0 Å². The van der Waals surface area contributed by atoms with Crippen molar-refractivity contribution < 1.29 is 9.59 Å². The first kappa shape index (κ1) is 13.4. The lowest BCUT2D eigenvalue weighted by Crippen LogP contribution is -2.18. The fourth-order valence-corrected chi connectivity index (χ4v) is 1.45. The highest BCUT2D eigenvalue weighted by atomic mass is 16.2. The van der Waals surface area contributed by atoms with E-state index in [-0.39, 0.29) is 11.8 Å². The van der Waals surface area contributed by atoms with Crippen LogP contribution in [0.4, 0.5) is 0 Å². The maximum absolute atomic E-state index is 10.1. The molecule has 1 aromatic carbocycles. The topological polar surface area (TPSA) is 46.2 Å². The number of imide groups is 1. The third kappa shape index (κ3) is 4.81. The third-order valence-corrected chi connectivity index (χ3v) is 2.50. The standard InChI is InChI=1S/C10H14.C4H5NO2/c1-10(2,3)9-7-5-4-6-8-9;6-3-1-2-4(7)5-3/h4-8H,1-3H3;1-2H2,(H,5,6,7). The van der Waals surface area contributed by atoms with Gasteiger partial charge < -0.3 is 0 Å². The Kier molecular flexibility index (Phi) is 4.44. The summed E-state index contributed by atoms with van der Waals surface area (Å²) in [7, 11) is 0. The first-order chi connectivity index (χ1) is 7.89. The Balaban J connectivity index is 0.000000181. The van der Waals surface area contributed by atoms with E-state index in [1.807, 2.05) is 0 Å². The zero-order valence-electron chi connectivity index (χ0n) is 10.6. The Morgan fingerprint density at radius 2 is 1.41 bits per heavy atom. The smallest absolute Gasteiger partial charge is 0.227 e. The highest BCUT2D eigenvalue weighted by Crippen LogP contribution is 2.20. The summed E-state index contributed by atoms with van der Waals surface area (Å²) in [6.45, 7) is 6.67. The van der Waals surface area contributed by atoms with Crippen LogP contribution in [0.25, 0.3) is 0 Å². The molecule has 1 N–H and O–H groups in total. The average molecular weight is 233 g/mol. The fourth-order valence-electron chi connectivity index (χ4n) is 1.45. The second-order valence-corrected chi connectivity index (χ2v) is 5.09. The van der Waals surface area contributed by atoms with Crippen molar-refractivity contribution >= 4 is 11.8 Å². The van der Waals surface area contributed by atoms with Gasteiger partial charge in [-0.05, 0) is 11.0 Å². The van der Waals surface area contributed by atoms with Crippen LogP contribution in [0.2, 0.25) is 0 Å². The highest BCUT2D eigenvalue weighted by Gasteiger charge is 2.15. The minimum atomic E-state index is -0.148. The number of rotatable bonds is 0. The third-order valence-electron chi connectivity index (χ3n) is 2.50. The summed E-state index contributed by atoms with van der Waals surface area (Å²) in [4.78, 5) is 20.2. The van der Waals surface area contributed by atoms with Crippen LogP contribution in [-0.2, 0) is 15.0 Å². The molecule has 0 saturated carbocycles. The van der Waals surface area contributed by atoms with Gasteiger partial charge >= 0.3 is 0 Å². The van der Waals surface area contributed by atoms with Gasteiger partial charge in [-0.15, -0.1) is 0 Å². The molecule has 0 unspecified atom stereocenters. The molecular formula is C14H19NO2. The van der Waals surface area contributed by atoms with Crippen LogP contribution in [0.5, 0.6) is 0 Å². The fraction of sp³-hybridized carbons (Fsp3) is 0.429. The molecule has 0 aromatic heterocycles. The van der Waals surface area contributed by atoms with Gasteiger partial charge in [0.25, 0.3) is 0 Å². The van der Waals surface area contributed by atoms with Crippen LogP contribution in [0.15, 0.2) is 30.3 Å². The lowest BCUT2D eigenvalue weighted by atomic mass is 9.87. The monoisotopic (exact) mass is 233 g/mol. The van der Waals surface area contributed by atoms with Gasteiger partial charge in [-0.1, -0.05) is 51.1 Å². The second-order valence-electron chi connectivity index (χ2n) is 5.09. The summed E-state index contributed by atoms with van der Waals surface area (Å²) in [6.07, 6.45) is 0.748. The summed E-state index contributed by atoms with van der Waals surface area (Å²) in [5.41, 5.74) is 1.69. The highest BCUT2D eigenvalue weighted by molar-refractivity contribution is 6.01. The maximum atomic E-state index is 10.1. The van der Waals surface area contributed by atoms with Gasteiger partial charge in [0.15, 0.2) is 0 Å². The Labute approximate surface area is 102 Å². The van der Waals surface area contributed by atoms with Crippen LogP contribution in [0.1, 0.15) is 39.2 Å². The van der Waals surface area contributed by atoms with Gasteiger partial charge in [0.2, 0.25) is 11.8 Å². The minimum Gasteiger partial charge on any atom is -0.296 e. The van der Waals surface area contributed by atoms with E-state index in [2.05, 4.69) is 56.4 Å². The number of carbonyl (C=O) groups is 2. The molecule has 92 valence electrons. The molecule has 1 heterocycles. The first-order valence-corrected chi connectivity index (χ1v) is 5.78. The average Bonchev–Trinajstić information content (AvgIpc) is 2.63. The molecule has 1 fully saturated rings. The maximum Gasteiger partial charge on any atom is 0.227 e. The van der Waals surface area contributed by atoms with Crippen molar-refractivity contribution in [2.45, 2.75) is 39.0 Å². The number of amides is 2. The van der Waals surface area contributed by atoms with Crippen molar-refractivity contribution in [3.05, 3.63) is 35.9 Å². The van der Waals surface area contributed by atoms with Gasteiger partial charge in [-0.25, -0.2) is 0 Å². The van der Waals surface area contributed by atoms with Crippen molar-refractivity contribution in [2.24, 2.45) is 0 Å². The molecule has 2 amide bonds. The van der Waals surface area contributed by atoms with Gasteiger partial charge in [0.1, 0.15) is 0 Å². The number of benzene rings is 1. The molecule has 3 nitrogen and oxygen atoms in total. The van der Waals surface area contributed by atoms with Gasteiger partial charge in [-0.2, -0.15) is 0 Å².